The molecular formula is C7H15NO5S. The fraction of sp³-hybridized carbons (Fsp3) is 1.00. The average molecular weight is 225 g/mol. The molecule has 0 saturated carbocycles. The normalized spacial score (nSPS) is 27.5. The molecule has 1 fully saturated rings. The third-order valence-corrected chi connectivity index (χ3v) is 3.76. The van der Waals surface area contributed by atoms with Gasteiger partial charge in [-0.2, -0.15) is 13.5 Å². The van der Waals surface area contributed by atoms with E-state index in [-0.39, 0.29) is 19.6 Å². The first kappa shape index (κ1) is 11.9. The van der Waals surface area contributed by atoms with E-state index in [1.54, 1.807) is 6.92 Å². The van der Waals surface area contributed by atoms with Gasteiger partial charge in [-0.3, -0.25) is 4.55 Å². The molecule has 1 heterocycles. The van der Waals surface area contributed by atoms with Crippen molar-refractivity contribution in [1.29, 1.82) is 0 Å². The molecule has 1 aliphatic rings. The lowest BCUT2D eigenvalue weighted by atomic mass is 10.1. The third kappa shape index (κ3) is 2.64. The number of hydroxylamine groups is 2. The van der Waals surface area contributed by atoms with Gasteiger partial charge in [-0.1, -0.05) is 6.92 Å². The lowest BCUT2D eigenvalue weighted by molar-refractivity contribution is -0.181. The van der Waals surface area contributed by atoms with E-state index < -0.39 is 21.4 Å². The molecule has 0 spiro atoms. The summed E-state index contributed by atoms with van der Waals surface area (Å²) in [5, 5.41) is 9.34. The topological polar surface area (TPSA) is 87.1 Å². The van der Waals surface area contributed by atoms with Crippen molar-refractivity contribution in [1.82, 2.24) is 5.06 Å². The molecule has 0 bridgehead atoms. The van der Waals surface area contributed by atoms with E-state index >= 15 is 0 Å². The van der Waals surface area contributed by atoms with Crippen molar-refractivity contribution in [3.8, 4) is 0 Å². The van der Waals surface area contributed by atoms with Crippen molar-refractivity contribution in [2.24, 2.45) is 0 Å². The standard InChI is InChI=1S/C7H15NO5S/c1-2-7(14(10,11)12)6-5-13-4-3-8(6)9/h6-7,9H,2-5H2,1H3,(H,10,11,12). The molecule has 14 heavy (non-hydrogen) atoms. The molecule has 1 aliphatic heterocycles. The Balaban J connectivity index is 2.77. The molecule has 2 unspecified atom stereocenters. The molecule has 0 amide bonds. The minimum absolute atomic E-state index is 0.120. The molecule has 0 aromatic heterocycles. The van der Waals surface area contributed by atoms with E-state index in [0.717, 1.165) is 5.06 Å². The Morgan fingerprint density at radius 3 is 2.71 bits per heavy atom. The lowest BCUT2D eigenvalue weighted by Gasteiger charge is -2.34. The fourth-order valence-electron chi connectivity index (χ4n) is 1.59. The van der Waals surface area contributed by atoms with E-state index in [1.165, 1.54) is 0 Å². The monoisotopic (exact) mass is 225 g/mol. The van der Waals surface area contributed by atoms with E-state index in [9.17, 15) is 13.6 Å². The molecule has 84 valence electrons. The molecule has 1 rings (SSSR count). The Hall–Kier alpha value is -0.210. The number of hydrogen-bond donors (Lipinski definition) is 2. The second-order valence-corrected chi connectivity index (χ2v) is 4.90. The zero-order chi connectivity index (χ0) is 10.8. The fourth-order valence-corrected chi connectivity index (χ4v) is 2.63. The van der Waals surface area contributed by atoms with Gasteiger partial charge in [0.15, 0.2) is 0 Å². The van der Waals surface area contributed by atoms with Crippen LogP contribution in [-0.4, -0.2) is 54.3 Å². The van der Waals surface area contributed by atoms with Crippen LogP contribution in [0, 0.1) is 0 Å². The van der Waals surface area contributed by atoms with E-state index in [2.05, 4.69) is 0 Å². The summed E-state index contributed by atoms with van der Waals surface area (Å²) in [6.45, 7) is 2.39. The van der Waals surface area contributed by atoms with Crippen LogP contribution < -0.4 is 0 Å². The Morgan fingerprint density at radius 1 is 1.64 bits per heavy atom. The zero-order valence-corrected chi connectivity index (χ0v) is 8.77. The highest BCUT2D eigenvalue weighted by molar-refractivity contribution is 7.86. The van der Waals surface area contributed by atoms with Gasteiger partial charge in [-0.25, -0.2) is 0 Å². The molecule has 0 radical (unpaired) electrons. The van der Waals surface area contributed by atoms with Crippen molar-refractivity contribution in [2.75, 3.05) is 19.8 Å². The van der Waals surface area contributed by atoms with E-state index in [4.69, 9.17) is 9.29 Å². The first-order valence-electron chi connectivity index (χ1n) is 4.46. The van der Waals surface area contributed by atoms with E-state index in [0.29, 0.717) is 6.61 Å². The van der Waals surface area contributed by atoms with E-state index in [1.807, 2.05) is 0 Å². The molecular weight excluding hydrogens is 210 g/mol. The minimum atomic E-state index is -4.13. The summed E-state index contributed by atoms with van der Waals surface area (Å²) < 4.78 is 35.9. The number of nitrogens with zero attached hydrogens (tertiary/aromatic N) is 1. The number of hydrogen-bond acceptors (Lipinski definition) is 5. The van der Waals surface area contributed by atoms with Gasteiger partial charge in [-0.05, 0) is 6.42 Å². The summed E-state index contributed by atoms with van der Waals surface area (Å²) in [7, 11) is -4.13. The first-order valence-corrected chi connectivity index (χ1v) is 5.96. The highest BCUT2D eigenvalue weighted by Crippen LogP contribution is 2.17. The van der Waals surface area contributed by atoms with Gasteiger partial charge in [-0.15, -0.1) is 0 Å². The summed E-state index contributed by atoms with van der Waals surface area (Å²) in [6, 6.07) is -0.677. The van der Waals surface area contributed by atoms with Crippen molar-refractivity contribution >= 4 is 10.1 Å². The van der Waals surface area contributed by atoms with Crippen LogP contribution in [0.5, 0.6) is 0 Å². The summed E-state index contributed by atoms with van der Waals surface area (Å²) >= 11 is 0. The van der Waals surface area contributed by atoms with Crippen LogP contribution in [0.3, 0.4) is 0 Å². The molecule has 0 aromatic carbocycles. The van der Waals surface area contributed by atoms with Crippen LogP contribution in [0.2, 0.25) is 0 Å². The van der Waals surface area contributed by atoms with Gasteiger partial charge in [0, 0.05) is 6.54 Å². The largest absolute Gasteiger partial charge is 0.378 e. The molecule has 0 aliphatic carbocycles. The Kier molecular flexibility index (Phi) is 3.85. The van der Waals surface area contributed by atoms with Gasteiger partial charge < -0.3 is 9.94 Å². The van der Waals surface area contributed by atoms with Gasteiger partial charge in [0.2, 0.25) is 0 Å². The van der Waals surface area contributed by atoms with Crippen LogP contribution in [0.4, 0.5) is 0 Å². The first-order chi connectivity index (χ1) is 6.46. The maximum atomic E-state index is 11.0. The second-order valence-electron chi connectivity index (χ2n) is 3.27. The van der Waals surface area contributed by atoms with Gasteiger partial charge >= 0.3 is 0 Å². The number of rotatable bonds is 3. The summed E-state index contributed by atoms with van der Waals surface area (Å²) in [5.74, 6) is 0. The SMILES string of the molecule is CCC(C1COCCN1O)S(=O)(=O)O. The number of morpholine rings is 1. The Labute approximate surface area is 83.2 Å². The smallest absolute Gasteiger partial charge is 0.269 e. The lowest BCUT2D eigenvalue weighted by Crippen LogP contribution is -2.52. The van der Waals surface area contributed by atoms with Gasteiger partial charge in [0.05, 0.1) is 19.3 Å². The Bertz CT molecular complexity index is 278. The molecule has 2 N–H and O–H groups in total. The van der Waals surface area contributed by atoms with Crippen LogP contribution in [0.1, 0.15) is 13.3 Å². The highest BCUT2D eigenvalue weighted by Gasteiger charge is 2.36. The average Bonchev–Trinajstić information content (AvgIpc) is 2.07. The summed E-state index contributed by atoms with van der Waals surface area (Å²) in [6.07, 6.45) is 0.240. The van der Waals surface area contributed by atoms with Crippen molar-refractivity contribution < 1.29 is 22.9 Å². The third-order valence-electron chi connectivity index (χ3n) is 2.35. The zero-order valence-electron chi connectivity index (χ0n) is 7.96. The second kappa shape index (κ2) is 4.54. The predicted molar refractivity (Wildman–Crippen MR) is 48.7 cm³/mol. The highest BCUT2D eigenvalue weighted by atomic mass is 32.2. The van der Waals surface area contributed by atoms with Crippen LogP contribution in [0.25, 0.3) is 0 Å². The van der Waals surface area contributed by atoms with Crippen molar-refractivity contribution in [2.45, 2.75) is 24.6 Å². The molecule has 1 saturated heterocycles. The van der Waals surface area contributed by atoms with Crippen LogP contribution in [-0.2, 0) is 14.9 Å². The maximum Gasteiger partial charge on any atom is 0.269 e. The molecule has 2 atom stereocenters. The predicted octanol–water partition coefficient (Wildman–Crippen LogP) is -0.257. The molecule has 0 aromatic rings. The summed E-state index contributed by atoms with van der Waals surface area (Å²) in [5.41, 5.74) is 0. The Morgan fingerprint density at radius 2 is 2.29 bits per heavy atom. The van der Waals surface area contributed by atoms with Crippen molar-refractivity contribution in [3.05, 3.63) is 0 Å². The van der Waals surface area contributed by atoms with Crippen LogP contribution >= 0.6 is 0 Å². The minimum Gasteiger partial charge on any atom is -0.378 e. The van der Waals surface area contributed by atoms with Gasteiger partial charge in [0.25, 0.3) is 10.1 Å². The summed E-state index contributed by atoms with van der Waals surface area (Å²) in [4.78, 5) is 0. The molecule has 7 heteroatoms. The van der Waals surface area contributed by atoms with Crippen molar-refractivity contribution in [3.63, 3.8) is 0 Å². The quantitative estimate of drug-likeness (QED) is 0.644. The maximum absolute atomic E-state index is 11.0. The van der Waals surface area contributed by atoms with Gasteiger partial charge in [0.1, 0.15) is 5.25 Å². The van der Waals surface area contributed by atoms with Crippen LogP contribution in [0.15, 0.2) is 0 Å². The number of ether oxygens (including phenoxy) is 1. The molecule has 6 nitrogen and oxygen atoms in total.